The standard InChI is InChI=1S/C30H41N3O6/c1-20(2)32(21(3)4)18-16-31-27(34)26-25-14-13-24(38-23-11-9-8-10-12-23)19-22(25)15-17-33(26)29(36)39-30(5,6)28(35)37-7/h8-14,19-21,26H,15-18H2,1-7H3,(H,31,34). The molecule has 1 atom stereocenters. The monoisotopic (exact) mass is 539 g/mol. The molecule has 2 aromatic rings. The molecule has 1 N–H and O–H groups in total. The number of amides is 2. The second-order valence-electron chi connectivity index (χ2n) is 10.7. The zero-order chi connectivity index (χ0) is 28.7. The van der Waals surface area contributed by atoms with Crippen LogP contribution in [0.5, 0.6) is 11.5 Å². The van der Waals surface area contributed by atoms with Crippen LogP contribution >= 0.6 is 0 Å². The van der Waals surface area contributed by atoms with Gasteiger partial charge in [-0.3, -0.25) is 14.6 Å². The molecule has 0 fully saturated rings. The molecule has 39 heavy (non-hydrogen) atoms. The quantitative estimate of drug-likeness (QED) is 0.437. The van der Waals surface area contributed by atoms with Crippen LogP contribution < -0.4 is 10.1 Å². The van der Waals surface area contributed by atoms with Gasteiger partial charge in [-0.2, -0.15) is 0 Å². The van der Waals surface area contributed by atoms with Crippen LogP contribution in [0.1, 0.15) is 58.7 Å². The van der Waals surface area contributed by atoms with E-state index < -0.39 is 23.7 Å². The van der Waals surface area contributed by atoms with Gasteiger partial charge in [-0.15, -0.1) is 0 Å². The molecule has 0 aliphatic carbocycles. The van der Waals surface area contributed by atoms with Gasteiger partial charge in [0.05, 0.1) is 7.11 Å². The van der Waals surface area contributed by atoms with Crippen LogP contribution in [0.2, 0.25) is 0 Å². The van der Waals surface area contributed by atoms with E-state index >= 15 is 0 Å². The van der Waals surface area contributed by atoms with E-state index in [0.717, 1.165) is 5.56 Å². The number of rotatable bonds is 10. The van der Waals surface area contributed by atoms with Gasteiger partial charge in [-0.25, -0.2) is 9.59 Å². The number of para-hydroxylation sites is 1. The van der Waals surface area contributed by atoms with Crippen molar-refractivity contribution >= 4 is 18.0 Å². The van der Waals surface area contributed by atoms with Crippen LogP contribution in [0.4, 0.5) is 4.79 Å². The predicted octanol–water partition coefficient (Wildman–Crippen LogP) is 4.70. The van der Waals surface area contributed by atoms with E-state index in [-0.39, 0.29) is 12.5 Å². The van der Waals surface area contributed by atoms with E-state index in [1.165, 1.54) is 25.9 Å². The first-order valence-corrected chi connectivity index (χ1v) is 13.4. The van der Waals surface area contributed by atoms with Crippen LogP contribution in [-0.2, 0) is 25.5 Å². The van der Waals surface area contributed by atoms with Gasteiger partial charge < -0.3 is 19.5 Å². The molecule has 1 aliphatic heterocycles. The van der Waals surface area contributed by atoms with E-state index in [4.69, 9.17) is 14.2 Å². The summed E-state index contributed by atoms with van der Waals surface area (Å²) in [6.07, 6.45) is -0.264. The maximum atomic E-state index is 13.6. The number of carbonyl (C=O) groups is 3. The molecule has 2 amide bonds. The Balaban J connectivity index is 1.86. The molecule has 1 unspecified atom stereocenters. The highest BCUT2D eigenvalue weighted by Crippen LogP contribution is 2.35. The molecule has 0 saturated carbocycles. The highest BCUT2D eigenvalue weighted by molar-refractivity contribution is 5.89. The molecule has 9 heteroatoms. The Kier molecular flexibility index (Phi) is 9.97. The number of fused-ring (bicyclic) bond motifs is 1. The van der Waals surface area contributed by atoms with Crippen LogP contribution in [0, 0.1) is 0 Å². The summed E-state index contributed by atoms with van der Waals surface area (Å²) in [5, 5.41) is 3.02. The van der Waals surface area contributed by atoms with Gasteiger partial charge in [0.25, 0.3) is 0 Å². The minimum absolute atomic E-state index is 0.236. The Morgan fingerprint density at radius 3 is 2.31 bits per heavy atom. The largest absolute Gasteiger partial charge is 0.466 e. The maximum absolute atomic E-state index is 13.6. The fraction of sp³-hybridized carbons (Fsp3) is 0.500. The predicted molar refractivity (Wildman–Crippen MR) is 149 cm³/mol. The second kappa shape index (κ2) is 13.0. The topological polar surface area (TPSA) is 97.4 Å². The molecule has 9 nitrogen and oxygen atoms in total. The zero-order valence-electron chi connectivity index (χ0n) is 24.0. The van der Waals surface area contributed by atoms with Crippen molar-refractivity contribution in [3.63, 3.8) is 0 Å². The molecule has 2 aromatic carbocycles. The van der Waals surface area contributed by atoms with Crippen molar-refractivity contribution in [3.8, 4) is 11.5 Å². The minimum atomic E-state index is -1.50. The number of methoxy groups -OCH3 is 1. The van der Waals surface area contributed by atoms with Gasteiger partial charge in [0.1, 0.15) is 17.5 Å². The Bertz CT molecular complexity index is 1140. The van der Waals surface area contributed by atoms with E-state index in [2.05, 4.69) is 37.9 Å². The second-order valence-corrected chi connectivity index (χ2v) is 10.7. The number of esters is 1. The number of nitrogens with zero attached hydrogens (tertiary/aromatic N) is 2. The molecule has 0 radical (unpaired) electrons. The molecule has 212 valence electrons. The summed E-state index contributed by atoms with van der Waals surface area (Å²) in [7, 11) is 1.23. The molecular formula is C30H41N3O6. The Labute approximate surface area is 231 Å². The summed E-state index contributed by atoms with van der Waals surface area (Å²) in [5.74, 6) is 0.358. The molecular weight excluding hydrogens is 498 g/mol. The first-order chi connectivity index (χ1) is 18.4. The summed E-state index contributed by atoms with van der Waals surface area (Å²) >= 11 is 0. The Morgan fingerprint density at radius 1 is 1.03 bits per heavy atom. The molecule has 0 aromatic heterocycles. The highest BCUT2D eigenvalue weighted by atomic mass is 16.6. The normalized spacial score (nSPS) is 15.2. The molecule has 0 saturated heterocycles. The molecule has 0 bridgehead atoms. The van der Waals surface area contributed by atoms with Crippen molar-refractivity contribution in [2.75, 3.05) is 26.7 Å². The Hall–Kier alpha value is -3.59. The third-order valence-electron chi connectivity index (χ3n) is 6.82. The van der Waals surface area contributed by atoms with Gasteiger partial charge in [-0.05, 0) is 83.4 Å². The number of hydrogen-bond donors (Lipinski definition) is 1. The van der Waals surface area contributed by atoms with Crippen LogP contribution in [0.3, 0.4) is 0 Å². The smallest absolute Gasteiger partial charge is 0.411 e. The lowest BCUT2D eigenvalue weighted by molar-refractivity contribution is -0.160. The maximum Gasteiger partial charge on any atom is 0.411 e. The van der Waals surface area contributed by atoms with Crippen molar-refractivity contribution in [3.05, 3.63) is 59.7 Å². The summed E-state index contributed by atoms with van der Waals surface area (Å²) in [5.41, 5.74) is 0.0950. The number of benzene rings is 2. The van der Waals surface area contributed by atoms with Gasteiger partial charge in [0, 0.05) is 31.7 Å². The van der Waals surface area contributed by atoms with Crippen molar-refractivity contribution in [1.29, 1.82) is 0 Å². The van der Waals surface area contributed by atoms with Gasteiger partial charge in [0.2, 0.25) is 11.5 Å². The number of nitrogens with one attached hydrogen (secondary N) is 1. The number of carbonyl (C=O) groups excluding carboxylic acids is 3. The number of ether oxygens (including phenoxy) is 3. The average molecular weight is 540 g/mol. The lowest BCUT2D eigenvalue weighted by Crippen LogP contribution is -2.51. The van der Waals surface area contributed by atoms with Crippen molar-refractivity contribution < 1.29 is 28.6 Å². The van der Waals surface area contributed by atoms with E-state index in [1.54, 1.807) is 6.07 Å². The lowest BCUT2D eigenvalue weighted by atomic mass is 9.92. The van der Waals surface area contributed by atoms with E-state index in [0.29, 0.717) is 48.7 Å². The fourth-order valence-electron chi connectivity index (χ4n) is 4.85. The third kappa shape index (κ3) is 7.50. The van der Waals surface area contributed by atoms with Crippen molar-refractivity contribution in [2.24, 2.45) is 0 Å². The highest BCUT2D eigenvalue weighted by Gasteiger charge is 2.41. The summed E-state index contributed by atoms with van der Waals surface area (Å²) < 4.78 is 16.3. The van der Waals surface area contributed by atoms with E-state index in [1.807, 2.05) is 42.5 Å². The fourth-order valence-corrected chi connectivity index (χ4v) is 4.85. The summed E-state index contributed by atoms with van der Waals surface area (Å²) in [6.45, 7) is 12.7. The van der Waals surface area contributed by atoms with Crippen LogP contribution in [0.25, 0.3) is 0 Å². The molecule has 1 heterocycles. The molecule has 1 aliphatic rings. The van der Waals surface area contributed by atoms with E-state index in [9.17, 15) is 14.4 Å². The first-order valence-electron chi connectivity index (χ1n) is 13.4. The summed E-state index contributed by atoms with van der Waals surface area (Å²) in [6, 6.07) is 14.7. The van der Waals surface area contributed by atoms with Crippen LogP contribution in [-0.4, -0.2) is 72.2 Å². The molecule has 0 spiro atoms. The number of hydrogen-bond acceptors (Lipinski definition) is 7. The van der Waals surface area contributed by atoms with Gasteiger partial charge in [-0.1, -0.05) is 24.3 Å². The van der Waals surface area contributed by atoms with Crippen molar-refractivity contribution in [1.82, 2.24) is 15.1 Å². The third-order valence-corrected chi connectivity index (χ3v) is 6.82. The lowest BCUT2D eigenvalue weighted by Gasteiger charge is -2.37. The summed E-state index contributed by atoms with van der Waals surface area (Å²) in [4.78, 5) is 42.8. The van der Waals surface area contributed by atoms with Crippen LogP contribution in [0.15, 0.2) is 48.5 Å². The van der Waals surface area contributed by atoms with Crippen molar-refractivity contribution in [2.45, 2.75) is 71.7 Å². The Morgan fingerprint density at radius 2 is 1.69 bits per heavy atom. The first kappa shape index (κ1) is 30.0. The van der Waals surface area contributed by atoms with Gasteiger partial charge >= 0.3 is 12.1 Å². The minimum Gasteiger partial charge on any atom is -0.466 e. The zero-order valence-corrected chi connectivity index (χ0v) is 24.0. The van der Waals surface area contributed by atoms with Gasteiger partial charge in [0.15, 0.2) is 0 Å². The average Bonchev–Trinajstić information content (AvgIpc) is 2.89. The molecule has 3 rings (SSSR count). The SMILES string of the molecule is COC(=O)C(C)(C)OC(=O)N1CCc2cc(Oc3ccccc3)ccc2C1C(=O)NCCN(C(C)C)C(C)C.